The van der Waals surface area contributed by atoms with Crippen LogP contribution in [0.25, 0.3) is 0 Å². The molecule has 0 radical (unpaired) electrons. The van der Waals surface area contributed by atoms with Crippen molar-refractivity contribution in [2.45, 2.75) is 52.1 Å². The van der Waals surface area contributed by atoms with Crippen molar-refractivity contribution in [2.75, 3.05) is 23.4 Å². The standard InChI is InChI=1S/C22H27N5O3S2/c1-5-30-20(29)15-10-25-21(27-18(15)24)31-11-17(28)26-19-14(9-23)13-7-6-12(22(2,3)4)8-16(13)32-19/h10,12H,5-8,11H2,1-4H3,(H,26,28)(H2,24,25,27)/t12-/m0/s1. The summed E-state index contributed by atoms with van der Waals surface area (Å²) in [7, 11) is 0. The van der Waals surface area contributed by atoms with Gasteiger partial charge in [-0.05, 0) is 43.1 Å². The van der Waals surface area contributed by atoms with Crippen molar-refractivity contribution in [1.82, 2.24) is 9.97 Å². The molecule has 3 rings (SSSR count). The van der Waals surface area contributed by atoms with Crippen molar-refractivity contribution in [3.63, 3.8) is 0 Å². The molecule has 3 N–H and O–H groups in total. The molecule has 0 spiro atoms. The molecule has 0 saturated heterocycles. The minimum absolute atomic E-state index is 0.00691. The molecule has 1 amide bonds. The van der Waals surface area contributed by atoms with Gasteiger partial charge in [0.2, 0.25) is 5.91 Å². The van der Waals surface area contributed by atoms with Crippen LogP contribution in [0.5, 0.6) is 0 Å². The van der Waals surface area contributed by atoms with Crippen molar-refractivity contribution >= 4 is 45.8 Å². The Bertz CT molecular complexity index is 1070. The second-order valence-corrected chi connectivity index (χ2v) is 10.7. The molecule has 2 aromatic heterocycles. The van der Waals surface area contributed by atoms with Crippen LogP contribution in [-0.4, -0.2) is 34.2 Å². The summed E-state index contributed by atoms with van der Waals surface area (Å²) < 4.78 is 4.90. The van der Waals surface area contributed by atoms with E-state index in [4.69, 9.17) is 10.5 Å². The summed E-state index contributed by atoms with van der Waals surface area (Å²) in [5, 5.41) is 13.4. The lowest BCUT2D eigenvalue weighted by Crippen LogP contribution is -2.26. The van der Waals surface area contributed by atoms with Crippen LogP contribution in [0, 0.1) is 22.7 Å². The molecule has 0 bridgehead atoms. The second-order valence-electron chi connectivity index (χ2n) is 8.63. The lowest BCUT2D eigenvalue weighted by molar-refractivity contribution is -0.113. The van der Waals surface area contributed by atoms with E-state index in [-0.39, 0.29) is 40.2 Å². The maximum atomic E-state index is 12.5. The summed E-state index contributed by atoms with van der Waals surface area (Å²) in [4.78, 5) is 33.7. The van der Waals surface area contributed by atoms with E-state index in [2.05, 4.69) is 42.1 Å². The Hall–Kier alpha value is -2.64. The van der Waals surface area contributed by atoms with Gasteiger partial charge in [0.1, 0.15) is 22.5 Å². The normalized spacial score (nSPS) is 15.5. The first-order valence-electron chi connectivity index (χ1n) is 10.4. The number of hydrogen-bond acceptors (Lipinski definition) is 9. The number of thioether (sulfide) groups is 1. The monoisotopic (exact) mass is 473 g/mol. The quantitative estimate of drug-likeness (QED) is 0.365. The molecule has 0 aromatic carbocycles. The van der Waals surface area contributed by atoms with Crippen LogP contribution < -0.4 is 11.1 Å². The van der Waals surface area contributed by atoms with Crippen molar-refractivity contribution in [3.05, 3.63) is 27.8 Å². The highest BCUT2D eigenvalue weighted by atomic mass is 32.2. The predicted molar refractivity (Wildman–Crippen MR) is 126 cm³/mol. The lowest BCUT2D eigenvalue weighted by Gasteiger charge is -2.33. The number of ether oxygens (including phenoxy) is 1. The molecule has 170 valence electrons. The number of nitrogens with two attached hydrogens (primary N) is 1. The van der Waals surface area contributed by atoms with Crippen LogP contribution in [0.1, 0.15) is 60.5 Å². The topological polar surface area (TPSA) is 131 Å². The third-order valence-corrected chi connectivity index (χ3v) is 7.51. The Morgan fingerprint density at radius 3 is 2.81 bits per heavy atom. The number of nitrogen functional groups attached to an aromatic ring is 1. The Balaban J connectivity index is 1.65. The fraction of sp³-hybridized carbons (Fsp3) is 0.500. The average Bonchev–Trinajstić information content (AvgIpc) is 3.07. The van der Waals surface area contributed by atoms with Gasteiger partial charge < -0.3 is 15.8 Å². The van der Waals surface area contributed by atoms with Crippen LogP contribution in [0.2, 0.25) is 0 Å². The first kappa shape index (κ1) is 24.0. The van der Waals surface area contributed by atoms with E-state index >= 15 is 0 Å². The zero-order valence-corrected chi connectivity index (χ0v) is 20.3. The van der Waals surface area contributed by atoms with E-state index in [0.717, 1.165) is 36.6 Å². The van der Waals surface area contributed by atoms with Crippen molar-refractivity contribution in [2.24, 2.45) is 11.3 Å². The van der Waals surface area contributed by atoms with E-state index in [1.807, 2.05) is 0 Å². The van der Waals surface area contributed by atoms with E-state index in [1.54, 1.807) is 6.92 Å². The number of nitriles is 1. The number of aromatic nitrogens is 2. The van der Waals surface area contributed by atoms with Gasteiger partial charge in [0, 0.05) is 11.1 Å². The summed E-state index contributed by atoms with van der Waals surface area (Å²) in [5.74, 6) is -0.226. The van der Waals surface area contributed by atoms with Gasteiger partial charge in [-0.2, -0.15) is 5.26 Å². The maximum absolute atomic E-state index is 12.5. The molecule has 8 nitrogen and oxygen atoms in total. The first-order valence-corrected chi connectivity index (χ1v) is 12.2. The average molecular weight is 474 g/mol. The molecular formula is C22H27N5O3S2. The third kappa shape index (κ3) is 5.40. The molecule has 0 unspecified atom stereocenters. The number of nitrogens with zero attached hydrogens (tertiary/aromatic N) is 3. The van der Waals surface area contributed by atoms with E-state index in [0.29, 0.717) is 16.5 Å². The summed E-state index contributed by atoms with van der Waals surface area (Å²) >= 11 is 2.61. The Kier molecular flexibility index (Phi) is 7.41. The van der Waals surface area contributed by atoms with Gasteiger partial charge in [-0.25, -0.2) is 14.8 Å². The van der Waals surface area contributed by atoms with Crippen LogP contribution >= 0.6 is 23.1 Å². The van der Waals surface area contributed by atoms with Crippen molar-refractivity contribution < 1.29 is 14.3 Å². The van der Waals surface area contributed by atoms with Crippen molar-refractivity contribution in [1.29, 1.82) is 5.26 Å². The molecule has 2 aromatic rings. The molecule has 32 heavy (non-hydrogen) atoms. The number of amides is 1. The van der Waals surface area contributed by atoms with Gasteiger partial charge in [-0.15, -0.1) is 11.3 Å². The highest BCUT2D eigenvalue weighted by Gasteiger charge is 2.32. The smallest absolute Gasteiger partial charge is 0.343 e. The maximum Gasteiger partial charge on any atom is 0.343 e. The summed E-state index contributed by atoms with van der Waals surface area (Å²) in [6.45, 7) is 8.66. The van der Waals surface area contributed by atoms with Gasteiger partial charge in [0.15, 0.2) is 5.16 Å². The van der Waals surface area contributed by atoms with Gasteiger partial charge in [0.25, 0.3) is 0 Å². The second kappa shape index (κ2) is 9.88. The Labute approximate surface area is 196 Å². The molecule has 0 aliphatic heterocycles. The van der Waals surface area contributed by atoms with Crippen molar-refractivity contribution in [3.8, 4) is 6.07 Å². The van der Waals surface area contributed by atoms with Crippen LogP contribution in [0.4, 0.5) is 10.8 Å². The largest absolute Gasteiger partial charge is 0.462 e. The van der Waals surface area contributed by atoms with Gasteiger partial charge in [-0.3, -0.25) is 4.79 Å². The molecule has 10 heteroatoms. The van der Waals surface area contributed by atoms with Gasteiger partial charge in [-0.1, -0.05) is 32.5 Å². The van der Waals surface area contributed by atoms with Crippen LogP contribution in [-0.2, 0) is 22.4 Å². The first-order chi connectivity index (χ1) is 15.1. The Morgan fingerprint density at radius 1 is 1.44 bits per heavy atom. The zero-order valence-electron chi connectivity index (χ0n) is 18.7. The Morgan fingerprint density at radius 2 is 2.19 bits per heavy atom. The molecule has 2 heterocycles. The van der Waals surface area contributed by atoms with E-state index in [1.165, 1.54) is 22.4 Å². The van der Waals surface area contributed by atoms with Crippen LogP contribution in [0.15, 0.2) is 11.4 Å². The number of carbonyl (C=O) groups excluding carboxylic acids is 2. The summed E-state index contributed by atoms with van der Waals surface area (Å²) in [6.07, 6.45) is 4.14. The molecule has 1 atom stereocenters. The minimum atomic E-state index is -0.585. The predicted octanol–water partition coefficient (Wildman–Crippen LogP) is 4.05. The molecule has 1 aliphatic rings. The third-order valence-electron chi connectivity index (χ3n) is 5.48. The highest BCUT2D eigenvalue weighted by molar-refractivity contribution is 7.99. The van der Waals surface area contributed by atoms with Gasteiger partial charge in [0.05, 0.1) is 17.9 Å². The number of esters is 1. The number of nitrogens with one attached hydrogen (secondary N) is 1. The lowest BCUT2D eigenvalue weighted by atomic mass is 9.72. The zero-order chi connectivity index (χ0) is 23.5. The number of rotatable bonds is 6. The summed E-state index contributed by atoms with van der Waals surface area (Å²) in [5.41, 5.74) is 7.77. The molecule has 0 saturated carbocycles. The molecule has 0 fully saturated rings. The van der Waals surface area contributed by atoms with E-state index < -0.39 is 5.97 Å². The highest BCUT2D eigenvalue weighted by Crippen LogP contribution is 2.44. The van der Waals surface area contributed by atoms with Crippen LogP contribution in [0.3, 0.4) is 0 Å². The molecular weight excluding hydrogens is 446 g/mol. The molecule has 1 aliphatic carbocycles. The van der Waals surface area contributed by atoms with Gasteiger partial charge >= 0.3 is 5.97 Å². The van der Waals surface area contributed by atoms with E-state index in [9.17, 15) is 14.9 Å². The number of fused-ring (bicyclic) bond motifs is 1. The number of thiophene rings is 1. The minimum Gasteiger partial charge on any atom is -0.462 e. The fourth-order valence-electron chi connectivity index (χ4n) is 3.64. The number of hydrogen-bond donors (Lipinski definition) is 2. The number of carbonyl (C=O) groups is 2. The number of anilines is 2. The SMILES string of the molecule is CCOC(=O)c1cnc(SCC(=O)Nc2sc3c(c2C#N)CC[C@H](C(C)(C)C)C3)nc1N. The fourth-order valence-corrected chi connectivity index (χ4v) is 5.55. The summed E-state index contributed by atoms with van der Waals surface area (Å²) in [6, 6.07) is 2.27.